The van der Waals surface area contributed by atoms with Crippen LogP contribution in [0.4, 0.5) is 0 Å². The van der Waals surface area contributed by atoms with Crippen LogP contribution in [-0.4, -0.2) is 9.78 Å². The van der Waals surface area contributed by atoms with Gasteiger partial charge in [0.15, 0.2) is 0 Å². The molecule has 0 amide bonds. The van der Waals surface area contributed by atoms with Gasteiger partial charge in [0.2, 0.25) is 0 Å². The van der Waals surface area contributed by atoms with Gasteiger partial charge in [-0.3, -0.25) is 4.68 Å². The lowest BCUT2D eigenvalue weighted by Crippen LogP contribution is -2.36. The molecule has 2 rings (SSSR count). The summed E-state index contributed by atoms with van der Waals surface area (Å²) < 4.78 is 1.97. The van der Waals surface area contributed by atoms with Crippen molar-refractivity contribution in [1.29, 1.82) is 0 Å². The van der Waals surface area contributed by atoms with Crippen molar-refractivity contribution in [3.05, 3.63) is 18.0 Å². The van der Waals surface area contributed by atoms with Gasteiger partial charge < -0.3 is 5.73 Å². The standard InChI is InChI=1S/C14H25N3/c1-4-17-11-12(10-16-17)14(15)7-5-6-13(2,3)8-9-14/h10-11H,4-9,15H2,1-3H3. The van der Waals surface area contributed by atoms with Crippen molar-refractivity contribution in [2.45, 2.75) is 65.0 Å². The number of aryl methyl sites for hydroxylation is 1. The number of aromatic nitrogens is 2. The van der Waals surface area contributed by atoms with Gasteiger partial charge in [0.1, 0.15) is 0 Å². The van der Waals surface area contributed by atoms with Crippen LogP contribution in [0.1, 0.15) is 58.4 Å². The van der Waals surface area contributed by atoms with Crippen molar-refractivity contribution in [3.8, 4) is 0 Å². The molecule has 2 N–H and O–H groups in total. The first-order valence-electron chi connectivity index (χ1n) is 6.77. The molecule has 1 fully saturated rings. The van der Waals surface area contributed by atoms with Crippen LogP contribution in [0.2, 0.25) is 0 Å². The maximum absolute atomic E-state index is 6.62. The van der Waals surface area contributed by atoms with Gasteiger partial charge in [-0.25, -0.2) is 0 Å². The molecule has 1 atom stereocenters. The molecule has 1 aliphatic carbocycles. The highest BCUT2D eigenvalue weighted by Crippen LogP contribution is 2.41. The molecule has 0 aromatic carbocycles. The number of rotatable bonds is 2. The summed E-state index contributed by atoms with van der Waals surface area (Å²) in [7, 11) is 0. The fourth-order valence-electron chi connectivity index (χ4n) is 2.78. The third-order valence-electron chi connectivity index (χ3n) is 4.26. The molecule has 1 unspecified atom stereocenters. The molecule has 96 valence electrons. The third kappa shape index (κ3) is 2.71. The molecule has 3 heteroatoms. The topological polar surface area (TPSA) is 43.8 Å². The number of nitrogens with two attached hydrogens (primary N) is 1. The van der Waals surface area contributed by atoms with E-state index in [9.17, 15) is 0 Å². The van der Waals surface area contributed by atoms with Gasteiger partial charge in [0.05, 0.1) is 6.20 Å². The first-order valence-corrected chi connectivity index (χ1v) is 6.77. The van der Waals surface area contributed by atoms with Gasteiger partial charge in [-0.05, 0) is 38.0 Å². The highest BCUT2D eigenvalue weighted by Gasteiger charge is 2.34. The Labute approximate surface area is 104 Å². The zero-order chi connectivity index (χ0) is 12.5. The second kappa shape index (κ2) is 4.45. The molecule has 1 heterocycles. The lowest BCUT2D eigenvalue weighted by molar-refractivity contribution is 0.299. The average molecular weight is 235 g/mol. The highest BCUT2D eigenvalue weighted by molar-refractivity contribution is 5.18. The smallest absolute Gasteiger partial charge is 0.0540 e. The summed E-state index contributed by atoms with van der Waals surface area (Å²) in [4.78, 5) is 0. The Balaban J connectivity index is 2.18. The van der Waals surface area contributed by atoms with Gasteiger partial charge in [0.25, 0.3) is 0 Å². The van der Waals surface area contributed by atoms with E-state index >= 15 is 0 Å². The third-order valence-corrected chi connectivity index (χ3v) is 4.26. The average Bonchev–Trinajstić information content (AvgIpc) is 2.70. The molecular formula is C14H25N3. The van der Waals surface area contributed by atoms with Gasteiger partial charge in [0, 0.05) is 23.8 Å². The molecule has 17 heavy (non-hydrogen) atoms. The van der Waals surface area contributed by atoms with E-state index in [0.717, 1.165) is 19.4 Å². The van der Waals surface area contributed by atoms with Gasteiger partial charge in [-0.15, -0.1) is 0 Å². The van der Waals surface area contributed by atoms with Gasteiger partial charge >= 0.3 is 0 Å². The van der Waals surface area contributed by atoms with E-state index < -0.39 is 0 Å². The summed E-state index contributed by atoms with van der Waals surface area (Å²) in [5.41, 5.74) is 8.13. The minimum absolute atomic E-state index is 0.152. The predicted octanol–water partition coefficient (Wildman–Crippen LogP) is 3.05. The van der Waals surface area contributed by atoms with Crippen LogP contribution >= 0.6 is 0 Å². The van der Waals surface area contributed by atoms with E-state index in [2.05, 4.69) is 32.1 Å². The van der Waals surface area contributed by atoms with Crippen LogP contribution in [0.25, 0.3) is 0 Å². The number of hydrogen-bond donors (Lipinski definition) is 1. The molecule has 3 nitrogen and oxygen atoms in total. The van der Waals surface area contributed by atoms with Crippen LogP contribution in [0.5, 0.6) is 0 Å². The Morgan fingerprint density at radius 2 is 2.06 bits per heavy atom. The highest BCUT2D eigenvalue weighted by atomic mass is 15.3. The molecule has 0 spiro atoms. The zero-order valence-electron chi connectivity index (χ0n) is 11.4. The van der Waals surface area contributed by atoms with Crippen molar-refractivity contribution >= 4 is 0 Å². The Hall–Kier alpha value is -0.830. The fourth-order valence-corrected chi connectivity index (χ4v) is 2.78. The van der Waals surface area contributed by atoms with Crippen LogP contribution in [0, 0.1) is 5.41 Å². The zero-order valence-corrected chi connectivity index (χ0v) is 11.4. The van der Waals surface area contributed by atoms with E-state index in [-0.39, 0.29) is 5.54 Å². The van der Waals surface area contributed by atoms with Crippen molar-refractivity contribution in [2.24, 2.45) is 11.1 Å². The molecule has 1 aromatic rings. The number of nitrogens with zero attached hydrogens (tertiary/aromatic N) is 2. The van der Waals surface area contributed by atoms with Crippen LogP contribution in [0.15, 0.2) is 12.4 Å². The van der Waals surface area contributed by atoms with E-state index in [0.29, 0.717) is 5.41 Å². The summed E-state index contributed by atoms with van der Waals surface area (Å²) in [6.45, 7) is 7.74. The summed E-state index contributed by atoms with van der Waals surface area (Å²) in [6, 6.07) is 0. The quantitative estimate of drug-likeness (QED) is 0.801. The molecule has 1 saturated carbocycles. The molecule has 0 bridgehead atoms. The summed E-state index contributed by atoms with van der Waals surface area (Å²) in [5.74, 6) is 0. The Kier molecular flexibility index (Phi) is 3.30. The van der Waals surface area contributed by atoms with E-state index in [1.165, 1.54) is 24.8 Å². The SMILES string of the molecule is CCn1cc(C2(N)CCCC(C)(C)CC2)cn1. The molecule has 0 radical (unpaired) electrons. The maximum atomic E-state index is 6.62. The molecule has 0 saturated heterocycles. The monoisotopic (exact) mass is 235 g/mol. The maximum Gasteiger partial charge on any atom is 0.0540 e. The van der Waals surface area contributed by atoms with E-state index in [4.69, 9.17) is 5.73 Å². The Morgan fingerprint density at radius 3 is 2.71 bits per heavy atom. The van der Waals surface area contributed by atoms with Crippen LogP contribution < -0.4 is 5.73 Å². The second-order valence-electron chi connectivity index (χ2n) is 6.26. The van der Waals surface area contributed by atoms with E-state index in [1.807, 2.05) is 10.9 Å². The van der Waals surface area contributed by atoms with E-state index in [1.54, 1.807) is 0 Å². The molecule has 1 aliphatic rings. The number of hydrogen-bond acceptors (Lipinski definition) is 2. The molecule has 1 aromatic heterocycles. The fraction of sp³-hybridized carbons (Fsp3) is 0.786. The van der Waals surface area contributed by atoms with Crippen molar-refractivity contribution in [3.63, 3.8) is 0 Å². The van der Waals surface area contributed by atoms with Gasteiger partial charge in [-0.1, -0.05) is 20.3 Å². The lowest BCUT2D eigenvalue weighted by Gasteiger charge is -2.28. The van der Waals surface area contributed by atoms with Crippen molar-refractivity contribution in [1.82, 2.24) is 9.78 Å². The predicted molar refractivity (Wildman–Crippen MR) is 70.6 cm³/mol. The minimum atomic E-state index is -0.152. The first-order chi connectivity index (χ1) is 7.95. The summed E-state index contributed by atoms with van der Waals surface area (Å²) in [5, 5.41) is 4.36. The second-order valence-corrected chi connectivity index (χ2v) is 6.26. The Morgan fingerprint density at radius 1 is 1.29 bits per heavy atom. The van der Waals surface area contributed by atoms with Gasteiger partial charge in [-0.2, -0.15) is 5.10 Å². The lowest BCUT2D eigenvalue weighted by atomic mass is 9.82. The van der Waals surface area contributed by atoms with Crippen molar-refractivity contribution < 1.29 is 0 Å². The normalized spacial score (nSPS) is 28.9. The molecular weight excluding hydrogens is 210 g/mol. The Bertz CT molecular complexity index is 381. The van der Waals surface area contributed by atoms with Crippen LogP contribution in [0.3, 0.4) is 0 Å². The van der Waals surface area contributed by atoms with Crippen LogP contribution in [-0.2, 0) is 12.1 Å². The summed E-state index contributed by atoms with van der Waals surface area (Å²) in [6.07, 6.45) is 9.97. The summed E-state index contributed by atoms with van der Waals surface area (Å²) >= 11 is 0. The first kappa shape index (κ1) is 12.6. The van der Waals surface area contributed by atoms with Crippen molar-refractivity contribution in [2.75, 3.05) is 0 Å². The molecule has 0 aliphatic heterocycles. The largest absolute Gasteiger partial charge is 0.321 e. The minimum Gasteiger partial charge on any atom is -0.321 e.